The van der Waals surface area contributed by atoms with Crippen molar-refractivity contribution in [3.63, 3.8) is 0 Å². The van der Waals surface area contributed by atoms with Crippen LogP contribution < -0.4 is 14.8 Å². The fourth-order valence-corrected chi connectivity index (χ4v) is 6.85. The molecular formula is C28H36N2O6. The number of benzene rings is 1. The van der Waals surface area contributed by atoms with Gasteiger partial charge in [-0.2, -0.15) is 0 Å². The first-order chi connectivity index (χ1) is 16.9. The minimum absolute atomic E-state index is 0.113. The van der Waals surface area contributed by atoms with Gasteiger partial charge in [0.25, 0.3) is 0 Å². The molecule has 2 bridgehead atoms. The molecule has 1 amide bonds. The Kier molecular flexibility index (Phi) is 5.93. The van der Waals surface area contributed by atoms with Crippen LogP contribution in [0.2, 0.25) is 0 Å². The van der Waals surface area contributed by atoms with Gasteiger partial charge < -0.3 is 24.4 Å². The second-order valence-corrected chi connectivity index (χ2v) is 11.6. The van der Waals surface area contributed by atoms with E-state index in [1.807, 2.05) is 26.8 Å². The van der Waals surface area contributed by atoms with E-state index < -0.39 is 11.6 Å². The number of hydrogen-bond acceptors (Lipinski definition) is 7. The van der Waals surface area contributed by atoms with Gasteiger partial charge in [-0.1, -0.05) is 12.2 Å². The fraction of sp³-hybridized carbons (Fsp3) is 0.607. The normalized spacial score (nSPS) is 29.7. The molecule has 0 radical (unpaired) electrons. The van der Waals surface area contributed by atoms with E-state index in [-0.39, 0.29) is 47.8 Å². The molecule has 1 N–H and O–H groups in total. The van der Waals surface area contributed by atoms with Gasteiger partial charge in [0.15, 0.2) is 11.5 Å². The predicted molar refractivity (Wildman–Crippen MR) is 133 cm³/mol. The number of piperidine rings is 1. The summed E-state index contributed by atoms with van der Waals surface area (Å²) in [6.07, 6.45) is 6.42. The van der Waals surface area contributed by atoms with Crippen molar-refractivity contribution in [1.82, 2.24) is 10.2 Å². The van der Waals surface area contributed by atoms with Gasteiger partial charge >= 0.3 is 11.9 Å². The molecular weight excluding hydrogens is 460 g/mol. The maximum atomic E-state index is 12.6. The maximum absolute atomic E-state index is 12.6. The molecule has 0 aromatic heterocycles. The third-order valence-corrected chi connectivity index (χ3v) is 8.02. The Morgan fingerprint density at radius 1 is 1.22 bits per heavy atom. The Balaban J connectivity index is 1.63. The minimum Gasteiger partial charge on any atom is -0.483 e. The Labute approximate surface area is 212 Å². The fourth-order valence-electron chi connectivity index (χ4n) is 6.85. The Morgan fingerprint density at radius 3 is 2.64 bits per heavy atom. The maximum Gasteiger partial charge on any atom is 0.308 e. The van der Waals surface area contributed by atoms with Crippen LogP contribution in [0.15, 0.2) is 18.2 Å². The molecule has 1 fully saturated rings. The molecule has 1 spiro atoms. The highest BCUT2D eigenvalue weighted by Crippen LogP contribution is 2.63. The van der Waals surface area contributed by atoms with Gasteiger partial charge in [-0.25, -0.2) is 0 Å². The van der Waals surface area contributed by atoms with Gasteiger partial charge in [0.05, 0.1) is 6.04 Å². The summed E-state index contributed by atoms with van der Waals surface area (Å²) in [6, 6.07) is 1.86. The number of nitrogens with one attached hydrogen (secondary N) is 1. The lowest BCUT2D eigenvalue weighted by Crippen LogP contribution is -2.66. The van der Waals surface area contributed by atoms with E-state index in [0.29, 0.717) is 17.9 Å². The van der Waals surface area contributed by atoms with Crippen LogP contribution >= 0.6 is 0 Å². The highest BCUT2D eigenvalue weighted by Gasteiger charge is 2.64. The zero-order valence-corrected chi connectivity index (χ0v) is 22.0. The Morgan fingerprint density at radius 2 is 1.97 bits per heavy atom. The summed E-state index contributed by atoms with van der Waals surface area (Å²) in [7, 11) is 2.16. The lowest BCUT2D eigenvalue weighted by atomic mass is 9.52. The number of aryl methyl sites for hydroxylation is 1. The molecule has 8 heteroatoms. The molecule has 2 aliphatic heterocycles. The number of carbonyl (C=O) groups excluding carboxylic acids is 3. The van der Waals surface area contributed by atoms with Gasteiger partial charge in [-0.05, 0) is 70.8 Å². The molecule has 5 rings (SSSR count). The van der Waals surface area contributed by atoms with E-state index in [2.05, 4.69) is 29.4 Å². The van der Waals surface area contributed by atoms with Crippen LogP contribution in [0, 0.1) is 5.92 Å². The third-order valence-electron chi connectivity index (χ3n) is 8.02. The molecule has 194 valence electrons. The molecule has 1 unspecified atom stereocenters. The SMILES string of the molecule is CC(=O)N[C@H]1C=CC2[C@H]3Cc4c(CCC(=O)OC(C)(C)C)cc(OC(C)=O)c5c4[C@@]2(CCN3C)[C@H]1O5. The molecule has 0 saturated carbocycles. The van der Waals surface area contributed by atoms with Gasteiger partial charge in [0, 0.05) is 43.2 Å². The van der Waals surface area contributed by atoms with Crippen LogP contribution in [-0.2, 0) is 37.4 Å². The van der Waals surface area contributed by atoms with Crippen molar-refractivity contribution in [1.29, 1.82) is 0 Å². The second-order valence-electron chi connectivity index (χ2n) is 11.6. The van der Waals surface area contributed by atoms with Crippen LogP contribution in [0.25, 0.3) is 0 Å². The molecule has 2 heterocycles. The molecule has 36 heavy (non-hydrogen) atoms. The summed E-state index contributed by atoms with van der Waals surface area (Å²) < 4.78 is 17.9. The molecule has 1 aromatic rings. The quantitative estimate of drug-likeness (QED) is 0.381. The van der Waals surface area contributed by atoms with E-state index in [0.717, 1.165) is 30.5 Å². The number of ether oxygens (including phenoxy) is 3. The average Bonchev–Trinajstić information content (AvgIpc) is 3.10. The summed E-state index contributed by atoms with van der Waals surface area (Å²) in [5, 5.41) is 3.06. The van der Waals surface area contributed by atoms with E-state index >= 15 is 0 Å². The van der Waals surface area contributed by atoms with Gasteiger partial charge in [-0.3, -0.25) is 14.4 Å². The number of amides is 1. The topological polar surface area (TPSA) is 94.2 Å². The third kappa shape index (κ3) is 3.99. The van der Waals surface area contributed by atoms with E-state index in [1.165, 1.54) is 19.4 Å². The van der Waals surface area contributed by atoms with Gasteiger partial charge in [0.2, 0.25) is 5.91 Å². The second kappa shape index (κ2) is 8.61. The Bertz CT molecular complexity index is 1150. The van der Waals surface area contributed by atoms with Gasteiger partial charge in [-0.15, -0.1) is 0 Å². The largest absolute Gasteiger partial charge is 0.483 e. The molecule has 4 aliphatic rings. The van der Waals surface area contributed by atoms with Crippen LogP contribution in [-0.4, -0.2) is 60.1 Å². The van der Waals surface area contributed by atoms with Crippen LogP contribution in [0.1, 0.15) is 64.2 Å². The molecule has 1 aromatic carbocycles. The monoisotopic (exact) mass is 496 g/mol. The van der Waals surface area contributed by atoms with Gasteiger partial charge in [0.1, 0.15) is 11.7 Å². The first-order valence-electron chi connectivity index (χ1n) is 12.8. The first-order valence-corrected chi connectivity index (χ1v) is 12.8. The number of likely N-dealkylation sites (tertiary alicyclic amines) is 1. The Hall–Kier alpha value is -2.87. The first kappa shape index (κ1) is 24.8. The lowest BCUT2D eigenvalue weighted by molar-refractivity contribution is -0.154. The van der Waals surface area contributed by atoms with E-state index in [4.69, 9.17) is 14.2 Å². The summed E-state index contributed by atoms with van der Waals surface area (Å²) >= 11 is 0. The summed E-state index contributed by atoms with van der Waals surface area (Å²) in [5.74, 6) is 0.420. The highest BCUT2D eigenvalue weighted by atomic mass is 16.6. The van der Waals surface area contributed by atoms with Crippen molar-refractivity contribution in [2.24, 2.45) is 5.92 Å². The predicted octanol–water partition coefficient (Wildman–Crippen LogP) is 2.84. The van der Waals surface area contributed by atoms with Crippen molar-refractivity contribution in [2.45, 2.75) is 89.5 Å². The molecule has 8 nitrogen and oxygen atoms in total. The number of rotatable bonds is 5. The zero-order chi connectivity index (χ0) is 26.0. The molecule has 5 atom stereocenters. The number of hydrogen-bond donors (Lipinski definition) is 1. The number of carbonyl (C=O) groups is 3. The van der Waals surface area contributed by atoms with Crippen molar-refractivity contribution in [3.8, 4) is 11.5 Å². The van der Waals surface area contributed by atoms with Crippen molar-refractivity contribution >= 4 is 17.8 Å². The standard InChI is InChI=1S/C28H36N2O6/c1-15(31)29-20-9-8-19-21-14-18-17(7-10-23(33)36-27(3,4)5)13-22(34-16(2)32)25-24(18)28(19,26(20)35-25)11-12-30(21)6/h8-9,13,19-21,26H,7,10-12,14H2,1-6H3,(H,29,31)/t19?,20-,21+,26-,28-/m0/s1. The number of esters is 2. The van der Waals surface area contributed by atoms with E-state index in [1.54, 1.807) is 0 Å². The minimum atomic E-state index is -0.549. The number of likely N-dealkylation sites (N-methyl/N-ethyl adjacent to an activating group) is 1. The van der Waals surface area contributed by atoms with E-state index in [9.17, 15) is 14.4 Å². The van der Waals surface area contributed by atoms with Crippen LogP contribution in [0.5, 0.6) is 11.5 Å². The summed E-state index contributed by atoms with van der Waals surface area (Å²) in [6.45, 7) is 9.38. The van der Waals surface area contributed by atoms with Crippen LogP contribution in [0.4, 0.5) is 0 Å². The van der Waals surface area contributed by atoms with Crippen molar-refractivity contribution in [3.05, 3.63) is 34.9 Å². The molecule has 1 saturated heterocycles. The van der Waals surface area contributed by atoms with Crippen molar-refractivity contribution < 1.29 is 28.6 Å². The summed E-state index contributed by atoms with van der Waals surface area (Å²) in [4.78, 5) is 39.1. The average molecular weight is 497 g/mol. The molecule has 2 aliphatic carbocycles. The zero-order valence-electron chi connectivity index (χ0n) is 22.0. The van der Waals surface area contributed by atoms with Crippen LogP contribution in [0.3, 0.4) is 0 Å². The lowest BCUT2D eigenvalue weighted by Gasteiger charge is -2.57. The number of nitrogens with zero attached hydrogens (tertiary/aromatic N) is 1. The smallest absolute Gasteiger partial charge is 0.308 e. The summed E-state index contributed by atoms with van der Waals surface area (Å²) in [5.41, 5.74) is 2.38. The highest BCUT2D eigenvalue weighted by molar-refractivity contribution is 5.76. The van der Waals surface area contributed by atoms with Crippen molar-refractivity contribution in [2.75, 3.05) is 13.6 Å².